The SMILES string of the molecule is CC(C)(C)CSc1cccc(OS(C)(=O)=O)n1. The molecule has 96 valence electrons. The first-order chi connectivity index (χ1) is 7.66. The van der Waals surface area contributed by atoms with E-state index in [2.05, 4.69) is 25.8 Å². The highest BCUT2D eigenvalue weighted by atomic mass is 32.2. The van der Waals surface area contributed by atoms with E-state index < -0.39 is 10.1 Å². The molecule has 0 aromatic carbocycles. The third kappa shape index (κ3) is 6.53. The van der Waals surface area contributed by atoms with Gasteiger partial charge in [-0.2, -0.15) is 8.42 Å². The standard InChI is InChI=1S/C11H17NO3S2/c1-11(2,3)8-16-10-7-5-6-9(12-10)15-17(4,13)14/h5-7H,8H2,1-4H3. The topological polar surface area (TPSA) is 56.3 Å². The lowest BCUT2D eigenvalue weighted by molar-refractivity contribution is 0.476. The highest BCUT2D eigenvalue weighted by molar-refractivity contribution is 7.99. The van der Waals surface area contributed by atoms with E-state index in [9.17, 15) is 8.42 Å². The lowest BCUT2D eigenvalue weighted by Gasteiger charge is -2.16. The minimum atomic E-state index is -3.51. The zero-order chi connectivity index (χ0) is 13.1. The summed E-state index contributed by atoms with van der Waals surface area (Å²) in [5.74, 6) is 1.02. The van der Waals surface area contributed by atoms with Crippen molar-refractivity contribution in [2.24, 2.45) is 5.41 Å². The average molecular weight is 275 g/mol. The highest BCUT2D eigenvalue weighted by Crippen LogP contribution is 2.26. The summed E-state index contributed by atoms with van der Waals surface area (Å²) in [6, 6.07) is 5.10. The summed E-state index contributed by atoms with van der Waals surface area (Å²) in [5, 5.41) is 0.765. The van der Waals surface area contributed by atoms with Crippen LogP contribution in [0.15, 0.2) is 23.2 Å². The molecule has 1 rings (SSSR count). The summed E-state index contributed by atoms with van der Waals surface area (Å²) >= 11 is 1.58. The molecule has 0 atom stereocenters. The number of hydrogen-bond acceptors (Lipinski definition) is 5. The Morgan fingerprint density at radius 3 is 2.53 bits per heavy atom. The molecular formula is C11H17NO3S2. The number of pyridine rings is 1. The number of rotatable bonds is 4. The lowest BCUT2D eigenvalue weighted by Crippen LogP contribution is -2.09. The molecule has 0 radical (unpaired) electrons. The second-order valence-electron chi connectivity index (χ2n) is 4.95. The van der Waals surface area contributed by atoms with Gasteiger partial charge in [-0.1, -0.05) is 26.8 Å². The summed E-state index contributed by atoms with van der Waals surface area (Å²) in [5.41, 5.74) is 0.194. The van der Waals surface area contributed by atoms with Gasteiger partial charge in [-0.25, -0.2) is 4.98 Å². The van der Waals surface area contributed by atoms with Crippen molar-refractivity contribution >= 4 is 21.9 Å². The number of nitrogens with zero attached hydrogens (tertiary/aromatic N) is 1. The van der Waals surface area contributed by atoms with E-state index in [1.54, 1.807) is 17.8 Å². The van der Waals surface area contributed by atoms with Gasteiger partial charge >= 0.3 is 10.1 Å². The van der Waals surface area contributed by atoms with E-state index in [1.165, 1.54) is 6.07 Å². The summed E-state index contributed by atoms with van der Waals surface area (Å²) in [6.07, 6.45) is 1.00. The van der Waals surface area contributed by atoms with Gasteiger partial charge < -0.3 is 4.18 Å². The van der Waals surface area contributed by atoms with Gasteiger partial charge in [-0.3, -0.25) is 0 Å². The zero-order valence-corrected chi connectivity index (χ0v) is 12.1. The van der Waals surface area contributed by atoms with Crippen LogP contribution in [0.2, 0.25) is 0 Å². The Balaban J connectivity index is 2.73. The zero-order valence-electron chi connectivity index (χ0n) is 10.4. The molecule has 0 N–H and O–H groups in total. The van der Waals surface area contributed by atoms with Crippen molar-refractivity contribution in [2.45, 2.75) is 25.8 Å². The fourth-order valence-electron chi connectivity index (χ4n) is 0.968. The molecule has 0 saturated carbocycles. The van der Waals surface area contributed by atoms with Crippen LogP contribution >= 0.6 is 11.8 Å². The van der Waals surface area contributed by atoms with E-state index in [0.29, 0.717) is 0 Å². The predicted octanol–water partition coefficient (Wildman–Crippen LogP) is 2.56. The first-order valence-corrected chi connectivity index (χ1v) is 7.95. The van der Waals surface area contributed by atoms with Crippen LogP contribution in [0.25, 0.3) is 0 Å². The molecule has 6 heteroatoms. The summed E-state index contributed by atoms with van der Waals surface area (Å²) in [7, 11) is -3.51. The highest BCUT2D eigenvalue weighted by Gasteiger charge is 2.12. The maximum atomic E-state index is 11.0. The normalized spacial score (nSPS) is 12.5. The van der Waals surface area contributed by atoms with Crippen LogP contribution in [0, 0.1) is 5.41 Å². The monoisotopic (exact) mass is 275 g/mol. The van der Waals surface area contributed by atoms with Crippen LogP contribution in [0.3, 0.4) is 0 Å². The number of hydrogen-bond donors (Lipinski definition) is 0. The Labute approximate surface area is 107 Å². The fraction of sp³-hybridized carbons (Fsp3) is 0.545. The van der Waals surface area contributed by atoms with E-state index in [4.69, 9.17) is 4.18 Å². The van der Waals surface area contributed by atoms with Crippen molar-refractivity contribution in [1.82, 2.24) is 4.98 Å². The summed E-state index contributed by atoms with van der Waals surface area (Å²) in [4.78, 5) is 4.12. The van der Waals surface area contributed by atoms with Crippen molar-refractivity contribution < 1.29 is 12.6 Å². The molecular weight excluding hydrogens is 258 g/mol. The molecule has 0 aliphatic heterocycles. The predicted molar refractivity (Wildman–Crippen MR) is 69.9 cm³/mol. The molecule has 0 bridgehead atoms. The molecule has 0 fully saturated rings. The van der Waals surface area contributed by atoms with Crippen LogP contribution in [0.5, 0.6) is 5.88 Å². The Hall–Kier alpha value is -0.750. The van der Waals surface area contributed by atoms with Crippen LogP contribution in [0.1, 0.15) is 20.8 Å². The summed E-state index contributed by atoms with van der Waals surface area (Å²) < 4.78 is 26.6. The molecule has 1 aromatic rings. The summed E-state index contributed by atoms with van der Waals surface area (Å²) in [6.45, 7) is 6.41. The van der Waals surface area contributed by atoms with E-state index in [0.717, 1.165) is 17.0 Å². The van der Waals surface area contributed by atoms with Gasteiger partial charge in [0.05, 0.1) is 6.26 Å². The third-order valence-electron chi connectivity index (χ3n) is 1.59. The van der Waals surface area contributed by atoms with Crippen LogP contribution in [-0.4, -0.2) is 25.4 Å². The molecule has 0 amide bonds. The van der Waals surface area contributed by atoms with Crippen molar-refractivity contribution in [3.05, 3.63) is 18.2 Å². The van der Waals surface area contributed by atoms with Crippen molar-refractivity contribution in [1.29, 1.82) is 0 Å². The Kier molecular flexibility index (Phi) is 4.43. The van der Waals surface area contributed by atoms with Crippen molar-refractivity contribution in [3.8, 4) is 5.88 Å². The van der Waals surface area contributed by atoms with Gasteiger partial charge in [0.25, 0.3) is 0 Å². The van der Waals surface area contributed by atoms with E-state index in [1.807, 2.05) is 6.07 Å². The molecule has 17 heavy (non-hydrogen) atoms. The molecule has 0 spiro atoms. The molecule has 0 saturated heterocycles. The smallest absolute Gasteiger partial charge is 0.307 e. The fourth-order valence-corrected chi connectivity index (χ4v) is 2.28. The van der Waals surface area contributed by atoms with Crippen LogP contribution in [0.4, 0.5) is 0 Å². The second kappa shape index (κ2) is 5.27. The van der Waals surface area contributed by atoms with Gasteiger partial charge in [0, 0.05) is 11.8 Å². The molecule has 0 unspecified atom stereocenters. The Morgan fingerprint density at radius 1 is 1.35 bits per heavy atom. The molecule has 4 nitrogen and oxygen atoms in total. The molecule has 0 aliphatic carbocycles. The average Bonchev–Trinajstić information content (AvgIpc) is 2.11. The molecule has 1 heterocycles. The van der Waals surface area contributed by atoms with Gasteiger partial charge in [-0.05, 0) is 11.5 Å². The maximum Gasteiger partial charge on any atom is 0.307 e. The van der Waals surface area contributed by atoms with E-state index >= 15 is 0 Å². The van der Waals surface area contributed by atoms with E-state index in [-0.39, 0.29) is 11.3 Å². The number of aromatic nitrogens is 1. The first-order valence-electron chi connectivity index (χ1n) is 5.15. The second-order valence-corrected chi connectivity index (χ2v) is 7.52. The lowest BCUT2D eigenvalue weighted by atomic mass is 10.0. The quantitative estimate of drug-likeness (QED) is 0.624. The minimum Gasteiger partial charge on any atom is -0.362 e. The maximum absolute atomic E-state index is 11.0. The first kappa shape index (κ1) is 14.3. The number of thioether (sulfide) groups is 1. The molecule has 1 aromatic heterocycles. The Morgan fingerprint density at radius 2 is 2.00 bits per heavy atom. The largest absolute Gasteiger partial charge is 0.362 e. The molecule has 0 aliphatic rings. The van der Waals surface area contributed by atoms with Gasteiger partial charge in [-0.15, -0.1) is 11.8 Å². The third-order valence-corrected chi connectivity index (χ3v) is 3.59. The van der Waals surface area contributed by atoms with Gasteiger partial charge in [0.15, 0.2) is 0 Å². The Bertz CT molecular complexity index is 478. The van der Waals surface area contributed by atoms with Crippen molar-refractivity contribution in [3.63, 3.8) is 0 Å². The van der Waals surface area contributed by atoms with Crippen LogP contribution in [-0.2, 0) is 10.1 Å². The van der Waals surface area contributed by atoms with Gasteiger partial charge in [0.2, 0.25) is 5.88 Å². The minimum absolute atomic E-state index is 0.117. The van der Waals surface area contributed by atoms with Crippen molar-refractivity contribution in [2.75, 3.05) is 12.0 Å². The van der Waals surface area contributed by atoms with Crippen LogP contribution < -0.4 is 4.18 Å². The van der Waals surface area contributed by atoms with Gasteiger partial charge in [0.1, 0.15) is 5.03 Å².